The number of nitrogens with one attached hydrogen (secondary N) is 1. The highest BCUT2D eigenvalue weighted by atomic mass is 35.5. The third kappa shape index (κ3) is 9.95. The zero-order valence-electron chi connectivity index (χ0n) is 23.4. The van der Waals surface area contributed by atoms with E-state index in [0.29, 0.717) is 5.56 Å². The van der Waals surface area contributed by atoms with E-state index in [-0.39, 0.29) is 48.3 Å². The molecule has 10 heteroatoms. The number of benzene rings is 1. The molecular weight excluding hydrogens is 533 g/mol. The average molecular weight is 568 g/mol. The fourth-order valence-corrected chi connectivity index (χ4v) is 3.63. The minimum atomic E-state index is -0.581. The maximum Gasteiger partial charge on any atom is 0.243 e. The number of aromatic nitrogens is 2. The second-order valence-electron chi connectivity index (χ2n) is 9.10. The summed E-state index contributed by atoms with van der Waals surface area (Å²) < 4.78 is 19.6. The van der Waals surface area contributed by atoms with Crippen LogP contribution >= 0.6 is 11.6 Å². The Labute approximate surface area is 240 Å². The molecule has 0 saturated heterocycles. The molecule has 0 aliphatic heterocycles. The highest BCUT2D eigenvalue weighted by Crippen LogP contribution is 2.17. The summed E-state index contributed by atoms with van der Waals surface area (Å²) in [5, 5.41) is 2.63. The van der Waals surface area contributed by atoms with Crippen molar-refractivity contribution < 1.29 is 18.7 Å². The average Bonchev–Trinajstić information content (AvgIpc) is 2.95. The zero-order chi connectivity index (χ0) is 29.7. The second kappa shape index (κ2) is 16.2. The molecule has 1 aromatic heterocycles. The van der Waals surface area contributed by atoms with Gasteiger partial charge in [-0.05, 0) is 52.1 Å². The van der Waals surface area contributed by atoms with Crippen molar-refractivity contribution in [3.63, 3.8) is 0 Å². The summed E-state index contributed by atoms with van der Waals surface area (Å²) in [5.41, 5.74) is 2.39. The van der Waals surface area contributed by atoms with E-state index in [1.165, 1.54) is 17.3 Å². The van der Waals surface area contributed by atoms with Crippen LogP contribution in [0, 0.1) is 17.7 Å². The summed E-state index contributed by atoms with van der Waals surface area (Å²) in [5.74, 6) is 4.84. The quantitative estimate of drug-likeness (QED) is 0.300. The molecule has 0 aliphatic carbocycles. The Balaban J connectivity index is 2.11. The predicted molar refractivity (Wildman–Crippen MR) is 154 cm³/mol. The second-order valence-corrected chi connectivity index (χ2v) is 9.51. The van der Waals surface area contributed by atoms with Crippen molar-refractivity contribution in [3.8, 4) is 11.8 Å². The molecule has 1 heterocycles. The number of rotatable bonds is 12. The summed E-state index contributed by atoms with van der Waals surface area (Å²) in [6.07, 6.45) is 9.60. The topological polar surface area (TPSA) is 87.7 Å². The van der Waals surface area contributed by atoms with Gasteiger partial charge in [0.2, 0.25) is 11.8 Å². The first-order valence-electron chi connectivity index (χ1n) is 12.6. The standard InChI is InChI=1S/C30H35ClFN5O3/c1-7-36(22(4)11-13-25(23(5)40-6)14-12-24-15-33-20-34-16-24)19-29(39)37(21(2)3)18-28(38)35-17-26-9-8-10-27(31)30(26)32/h7-11,13,15-16,20-21,23H,1,17-19H2,2-6H3,(H,35,38)/b22-11+,25-13-. The minimum absolute atomic E-state index is 0.0184. The maximum absolute atomic E-state index is 14.1. The number of amides is 2. The molecule has 212 valence electrons. The molecule has 2 aromatic rings. The Hall–Kier alpha value is -4.00. The van der Waals surface area contributed by atoms with Crippen molar-refractivity contribution in [3.05, 3.63) is 95.1 Å². The van der Waals surface area contributed by atoms with Crippen molar-refractivity contribution in [1.29, 1.82) is 0 Å². The molecule has 0 fully saturated rings. The van der Waals surface area contributed by atoms with Gasteiger partial charge in [0.1, 0.15) is 18.7 Å². The number of carbonyl (C=O) groups is 2. The lowest BCUT2D eigenvalue weighted by Gasteiger charge is -2.29. The van der Waals surface area contributed by atoms with Crippen LogP contribution in [-0.4, -0.2) is 63.9 Å². The van der Waals surface area contributed by atoms with E-state index < -0.39 is 11.7 Å². The maximum atomic E-state index is 14.1. The first kappa shape index (κ1) is 32.2. The summed E-state index contributed by atoms with van der Waals surface area (Å²) in [7, 11) is 1.60. The molecule has 0 aliphatic rings. The molecule has 0 radical (unpaired) electrons. The molecule has 1 atom stereocenters. The Morgan fingerprint density at radius 3 is 2.52 bits per heavy atom. The van der Waals surface area contributed by atoms with E-state index in [9.17, 15) is 14.0 Å². The van der Waals surface area contributed by atoms with Gasteiger partial charge in [-0.3, -0.25) is 9.59 Å². The van der Waals surface area contributed by atoms with Gasteiger partial charge in [0, 0.05) is 48.9 Å². The zero-order valence-corrected chi connectivity index (χ0v) is 24.2. The summed E-state index contributed by atoms with van der Waals surface area (Å²) >= 11 is 5.81. The highest BCUT2D eigenvalue weighted by molar-refractivity contribution is 6.30. The molecule has 2 rings (SSSR count). The number of hydrogen-bond donors (Lipinski definition) is 1. The van der Waals surface area contributed by atoms with Gasteiger partial charge in [0.25, 0.3) is 0 Å². The van der Waals surface area contributed by atoms with E-state index in [4.69, 9.17) is 16.3 Å². The Bertz CT molecular complexity index is 1300. The SMILES string of the molecule is C=CN(CC(=O)N(CC(=O)NCc1cccc(Cl)c1F)C(C)C)/C(C)=C/C=C(/C#Cc1cncnc1)C(C)OC. The van der Waals surface area contributed by atoms with Crippen LogP contribution < -0.4 is 5.32 Å². The fraction of sp³-hybridized carbons (Fsp3) is 0.333. The van der Waals surface area contributed by atoms with Crippen LogP contribution in [0.4, 0.5) is 4.39 Å². The van der Waals surface area contributed by atoms with Gasteiger partial charge in [0.05, 0.1) is 23.2 Å². The van der Waals surface area contributed by atoms with E-state index in [2.05, 4.69) is 33.7 Å². The Kier molecular flexibility index (Phi) is 13.0. The number of ether oxygens (including phenoxy) is 1. The number of methoxy groups -OCH3 is 1. The Morgan fingerprint density at radius 1 is 1.20 bits per heavy atom. The van der Waals surface area contributed by atoms with Crippen LogP contribution in [0.15, 0.2) is 73.1 Å². The molecular formula is C30H35ClFN5O3. The molecule has 0 saturated carbocycles. The molecule has 1 unspecified atom stereocenters. The molecule has 0 spiro atoms. The first-order chi connectivity index (χ1) is 19.1. The third-order valence-electron chi connectivity index (χ3n) is 5.95. The van der Waals surface area contributed by atoms with Gasteiger partial charge in [-0.2, -0.15) is 0 Å². The van der Waals surface area contributed by atoms with Crippen LogP contribution in [-0.2, 0) is 20.9 Å². The molecule has 1 N–H and O–H groups in total. The largest absolute Gasteiger partial charge is 0.376 e. The van der Waals surface area contributed by atoms with Crippen LogP contribution in [0.2, 0.25) is 5.02 Å². The van der Waals surface area contributed by atoms with E-state index in [0.717, 1.165) is 11.3 Å². The molecule has 0 bridgehead atoms. The van der Waals surface area contributed by atoms with Crippen molar-refractivity contribution in [2.24, 2.45) is 0 Å². The van der Waals surface area contributed by atoms with Gasteiger partial charge in [-0.15, -0.1) is 0 Å². The summed E-state index contributed by atoms with van der Waals surface area (Å²) in [6.45, 7) is 10.9. The summed E-state index contributed by atoms with van der Waals surface area (Å²) in [4.78, 5) is 36.9. The van der Waals surface area contributed by atoms with E-state index in [1.807, 2.05) is 39.8 Å². The molecule has 1 aromatic carbocycles. The molecule has 2 amide bonds. The number of halogens is 2. The first-order valence-corrected chi connectivity index (χ1v) is 13.0. The van der Waals surface area contributed by atoms with Gasteiger partial charge in [-0.25, -0.2) is 14.4 Å². The van der Waals surface area contributed by atoms with Crippen LogP contribution in [0.5, 0.6) is 0 Å². The summed E-state index contributed by atoms with van der Waals surface area (Å²) in [6, 6.07) is 4.34. The van der Waals surface area contributed by atoms with E-state index in [1.54, 1.807) is 42.7 Å². The monoisotopic (exact) mass is 567 g/mol. The molecule has 40 heavy (non-hydrogen) atoms. The van der Waals surface area contributed by atoms with Crippen LogP contribution in [0.1, 0.15) is 38.8 Å². The van der Waals surface area contributed by atoms with Gasteiger partial charge in [-0.1, -0.05) is 42.2 Å². The number of nitrogens with zero attached hydrogens (tertiary/aromatic N) is 4. The van der Waals surface area contributed by atoms with Gasteiger partial charge in [0.15, 0.2) is 0 Å². The van der Waals surface area contributed by atoms with Crippen molar-refractivity contribution in [2.45, 2.75) is 46.4 Å². The normalized spacial score (nSPS) is 12.3. The number of allylic oxidation sites excluding steroid dienone is 3. The van der Waals surface area contributed by atoms with Gasteiger partial charge < -0.3 is 19.9 Å². The lowest BCUT2D eigenvalue weighted by atomic mass is 10.1. The lowest BCUT2D eigenvalue weighted by Crippen LogP contribution is -2.47. The fourth-order valence-electron chi connectivity index (χ4n) is 3.44. The lowest BCUT2D eigenvalue weighted by molar-refractivity contribution is -0.138. The number of carbonyl (C=O) groups excluding carboxylic acids is 2. The third-order valence-corrected chi connectivity index (χ3v) is 6.24. The molecule has 8 nitrogen and oxygen atoms in total. The van der Waals surface area contributed by atoms with Crippen molar-refractivity contribution in [1.82, 2.24) is 25.1 Å². The highest BCUT2D eigenvalue weighted by Gasteiger charge is 2.22. The van der Waals surface area contributed by atoms with Crippen molar-refractivity contribution in [2.75, 3.05) is 20.2 Å². The Morgan fingerprint density at radius 2 is 1.90 bits per heavy atom. The van der Waals surface area contributed by atoms with Gasteiger partial charge >= 0.3 is 0 Å². The predicted octanol–water partition coefficient (Wildman–Crippen LogP) is 4.48. The smallest absolute Gasteiger partial charge is 0.243 e. The number of hydrogen-bond acceptors (Lipinski definition) is 6. The van der Waals surface area contributed by atoms with Crippen molar-refractivity contribution >= 4 is 23.4 Å². The van der Waals surface area contributed by atoms with E-state index >= 15 is 0 Å². The van der Waals surface area contributed by atoms with Crippen LogP contribution in [0.3, 0.4) is 0 Å². The van der Waals surface area contributed by atoms with Crippen LogP contribution in [0.25, 0.3) is 0 Å². The minimum Gasteiger partial charge on any atom is -0.376 e.